The van der Waals surface area contributed by atoms with Crippen molar-refractivity contribution >= 4 is 17.7 Å². The van der Waals surface area contributed by atoms with E-state index in [2.05, 4.69) is 12.1 Å². The Hall–Kier alpha value is -1.00. The fraction of sp³-hybridized carbons (Fsp3) is 0.500. The topological polar surface area (TPSA) is 46.3 Å². The van der Waals surface area contributed by atoms with Gasteiger partial charge in [-0.3, -0.25) is 4.79 Å². The monoisotopic (exact) mass is 264 g/mol. The van der Waals surface area contributed by atoms with Gasteiger partial charge in [0.1, 0.15) is 0 Å². The molecule has 1 unspecified atom stereocenters. The molecule has 18 heavy (non-hydrogen) atoms. The summed E-state index contributed by atoms with van der Waals surface area (Å²) in [7, 11) is 0. The minimum atomic E-state index is 0.232. The van der Waals surface area contributed by atoms with Crippen LogP contribution in [0.4, 0.5) is 0 Å². The molecule has 1 amide bonds. The predicted octanol–water partition coefficient (Wildman–Crippen LogP) is 2.04. The third kappa shape index (κ3) is 3.27. The number of rotatable bonds is 4. The Morgan fingerprint density at radius 3 is 2.89 bits per heavy atom. The third-order valence-corrected chi connectivity index (χ3v) is 4.25. The molecule has 1 aromatic rings. The van der Waals surface area contributed by atoms with Crippen LogP contribution < -0.4 is 5.73 Å². The molecule has 0 spiro atoms. The quantitative estimate of drug-likeness (QED) is 0.905. The maximum absolute atomic E-state index is 12.2. The smallest absolute Gasteiger partial charge is 0.223 e. The molecule has 3 nitrogen and oxygen atoms in total. The summed E-state index contributed by atoms with van der Waals surface area (Å²) >= 11 is 1.92. The van der Waals surface area contributed by atoms with Crippen LogP contribution in [0.5, 0.6) is 0 Å². The van der Waals surface area contributed by atoms with Gasteiger partial charge in [0.25, 0.3) is 0 Å². The van der Waals surface area contributed by atoms with Gasteiger partial charge in [0.15, 0.2) is 0 Å². The molecular formula is C14H20N2OS. The minimum absolute atomic E-state index is 0.232. The average molecular weight is 264 g/mol. The van der Waals surface area contributed by atoms with E-state index < -0.39 is 0 Å². The highest BCUT2D eigenvalue weighted by molar-refractivity contribution is 7.99. The summed E-state index contributed by atoms with van der Waals surface area (Å²) in [6.45, 7) is 1.44. The van der Waals surface area contributed by atoms with Crippen LogP contribution in [0.1, 0.15) is 24.4 Å². The van der Waals surface area contributed by atoms with Gasteiger partial charge in [0, 0.05) is 24.5 Å². The van der Waals surface area contributed by atoms with E-state index in [1.165, 1.54) is 5.56 Å². The van der Waals surface area contributed by atoms with E-state index in [1.807, 2.05) is 34.9 Å². The number of carbonyl (C=O) groups excluding carboxylic acids is 1. The first-order valence-electron chi connectivity index (χ1n) is 6.45. The second-order valence-corrected chi connectivity index (χ2v) is 5.63. The maximum Gasteiger partial charge on any atom is 0.223 e. The van der Waals surface area contributed by atoms with E-state index in [0.29, 0.717) is 13.0 Å². The summed E-state index contributed by atoms with van der Waals surface area (Å²) in [4.78, 5) is 14.2. The molecule has 1 aliphatic heterocycles. The van der Waals surface area contributed by atoms with Crippen molar-refractivity contribution in [3.63, 3.8) is 0 Å². The van der Waals surface area contributed by atoms with Gasteiger partial charge in [0.05, 0.1) is 6.04 Å². The zero-order chi connectivity index (χ0) is 12.8. The lowest BCUT2D eigenvalue weighted by Crippen LogP contribution is -2.40. The van der Waals surface area contributed by atoms with Crippen LogP contribution in [0.25, 0.3) is 0 Å². The molecule has 2 N–H and O–H groups in total. The van der Waals surface area contributed by atoms with Crippen molar-refractivity contribution in [3.05, 3.63) is 35.9 Å². The molecule has 1 aliphatic rings. The van der Waals surface area contributed by atoms with E-state index in [1.54, 1.807) is 0 Å². The fourth-order valence-corrected chi connectivity index (χ4v) is 3.34. The van der Waals surface area contributed by atoms with Crippen LogP contribution in [-0.4, -0.2) is 35.4 Å². The lowest BCUT2D eigenvalue weighted by Gasteiger charge is -2.36. The van der Waals surface area contributed by atoms with Gasteiger partial charge in [-0.05, 0) is 18.5 Å². The highest BCUT2D eigenvalue weighted by Gasteiger charge is 2.27. The van der Waals surface area contributed by atoms with Crippen molar-refractivity contribution in [2.24, 2.45) is 5.73 Å². The van der Waals surface area contributed by atoms with Gasteiger partial charge in [-0.1, -0.05) is 30.3 Å². The Balaban J connectivity index is 2.09. The van der Waals surface area contributed by atoms with Crippen LogP contribution >= 0.6 is 11.8 Å². The molecule has 1 heterocycles. The Kier molecular flexibility index (Phi) is 5.08. The molecular weight excluding hydrogens is 244 g/mol. The molecule has 4 heteroatoms. The van der Waals surface area contributed by atoms with Crippen molar-refractivity contribution in [2.75, 3.05) is 24.6 Å². The second kappa shape index (κ2) is 6.81. The van der Waals surface area contributed by atoms with Crippen LogP contribution in [0.15, 0.2) is 30.3 Å². The van der Waals surface area contributed by atoms with Crippen LogP contribution in [0.2, 0.25) is 0 Å². The predicted molar refractivity (Wildman–Crippen MR) is 76.5 cm³/mol. The molecule has 1 aromatic carbocycles. The zero-order valence-corrected chi connectivity index (χ0v) is 11.4. The number of benzene rings is 1. The standard InChI is InChI=1S/C14H20N2OS/c15-8-4-7-14(17)16-9-10-18-11-13(16)12-5-2-1-3-6-12/h1-3,5-6,13H,4,7-11,15H2. The Labute approximate surface area is 113 Å². The molecule has 98 valence electrons. The fourth-order valence-electron chi connectivity index (χ4n) is 2.25. The number of hydrogen-bond acceptors (Lipinski definition) is 3. The van der Waals surface area contributed by atoms with Crippen LogP contribution in [0.3, 0.4) is 0 Å². The summed E-state index contributed by atoms with van der Waals surface area (Å²) in [5.41, 5.74) is 6.72. The first-order valence-corrected chi connectivity index (χ1v) is 7.60. The summed E-state index contributed by atoms with van der Waals surface area (Å²) in [6.07, 6.45) is 1.36. The Bertz CT molecular complexity index is 383. The summed E-state index contributed by atoms with van der Waals surface area (Å²) < 4.78 is 0. The van der Waals surface area contributed by atoms with Gasteiger partial charge >= 0.3 is 0 Å². The van der Waals surface area contributed by atoms with Gasteiger partial charge in [-0.15, -0.1) is 0 Å². The number of nitrogens with zero attached hydrogens (tertiary/aromatic N) is 1. The van der Waals surface area contributed by atoms with Crippen LogP contribution in [-0.2, 0) is 4.79 Å². The van der Waals surface area contributed by atoms with Crippen molar-refractivity contribution in [1.82, 2.24) is 4.90 Å². The van der Waals surface area contributed by atoms with E-state index in [0.717, 1.165) is 24.5 Å². The van der Waals surface area contributed by atoms with E-state index in [9.17, 15) is 4.79 Å². The second-order valence-electron chi connectivity index (χ2n) is 4.48. The van der Waals surface area contributed by atoms with Crippen molar-refractivity contribution in [3.8, 4) is 0 Å². The van der Waals surface area contributed by atoms with Crippen molar-refractivity contribution in [2.45, 2.75) is 18.9 Å². The largest absolute Gasteiger partial charge is 0.334 e. The van der Waals surface area contributed by atoms with Gasteiger partial charge in [-0.25, -0.2) is 0 Å². The molecule has 0 saturated carbocycles. The third-order valence-electron chi connectivity index (χ3n) is 3.23. The highest BCUT2D eigenvalue weighted by Crippen LogP contribution is 2.29. The lowest BCUT2D eigenvalue weighted by molar-refractivity contribution is -0.133. The summed E-state index contributed by atoms with van der Waals surface area (Å²) in [5, 5.41) is 0. The number of nitrogens with two attached hydrogens (primary N) is 1. The highest BCUT2D eigenvalue weighted by atomic mass is 32.2. The van der Waals surface area contributed by atoms with Crippen LogP contribution in [0, 0.1) is 0 Å². The van der Waals surface area contributed by atoms with Gasteiger partial charge in [0.2, 0.25) is 5.91 Å². The Morgan fingerprint density at radius 2 is 2.17 bits per heavy atom. The van der Waals surface area contributed by atoms with Gasteiger partial charge in [-0.2, -0.15) is 11.8 Å². The molecule has 1 atom stereocenters. The van der Waals surface area contributed by atoms with Gasteiger partial charge < -0.3 is 10.6 Å². The number of amides is 1. The molecule has 1 saturated heterocycles. The van der Waals surface area contributed by atoms with E-state index >= 15 is 0 Å². The number of carbonyl (C=O) groups is 1. The lowest BCUT2D eigenvalue weighted by atomic mass is 10.1. The summed E-state index contributed by atoms with van der Waals surface area (Å²) in [6, 6.07) is 10.5. The van der Waals surface area contributed by atoms with E-state index in [-0.39, 0.29) is 11.9 Å². The molecule has 2 rings (SSSR count). The number of hydrogen-bond donors (Lipinski definition) is 1. The van der Waals surface area contributed by atoms with Crippen molar-refractivity contribution < 1.29 is 4.79 Å². The average Bonchev–Trinajstić information content (AvgIpc) is 2.45. The molecule has 0 aliphatic carbocycles. The SMILES string of the molecule is NCCCC(=O)N1CCSCC1c1ccccc1. The zero-order valence-electron chi connectivity index (χ0n) is 10.5. The molecule has 0 bridgehead atoms. The van der Waals surface area contributed by atoms with E-state index in [4.69, 9.17) is 5.73 Å². The Morgan fingerprint density at radius 1 is 1.39 bits per heavy atom. The molecule has 1 fully saturated rings. The minimum Gasteiger partial charge on any atom is -0.334 e. The van der Waals surface area contributed by atoms with Crippen molar-refractivity contribution in [1.29, 1.82) is 0 Å². The summed E-state index contributed by atoms with van der Waals surface area (Å²) in [5.74, 6) is 2.28. The maximum atomic E-state index is 12.2. The normalized spacial score (nSPS) is 19.8. The number of thioether (sulfide) groups is 1. The first kappa shape index (κ1) is 13.4. The molecule has 0 radical (unpaired) electrons. The molecule has 0 aromatic heterocycles. The first-order chi connectivity index (χ1) is 8.83.